The fourth-order valence-electron chi connectivity index (χ4n) is 0.834. The van der Waals surface area contributed by atoms with Crippen LogP contribution in [0.5, 0.6) is 5.75 Å². The van der Waals surface area contributed by atoms with Crippen LogP contribution in [-0.4, -0.2) is 10.9 Å². The van der Waals surface area contributed by atoms with E-state index in [1.54, 1.807) is 0 Å². The van der Waals surface area contributed by atoms with Crippen molar-refractivity contribution in [2.75, 3.05) is 0 Å². The van der Waals surface area contributed by atoms with Crippen LogP contribution >= 0.6 is 22.6 Å². The summed E-state index contributed by atoms with van der Waals surface area (Å²) in [4.78, 5) is 10.8. The van der Waals surface area contributed by atoms with E-state index in [1.165, 1.54) is 19.1 Å². The van der Waals surface area contributed by atoms with Crippen molar-refractivity contribution < 1.29 is 14.3 Å². The number of carbonyl (C=O) groups excluding carboxylic acids is 1. The smallest absolute Gasteiger partial charge is 0.166 e. The summed E-state index contributed by atoms with van der Waals surface area (Å²) < 4.78 is 13.4. The van der Waals surface area contributed by atoms with E-state index in [2.05, 4.69) is 0 Å². The molecule has 0 radical (unpaired) electrons. The maximum absolute atomic E-state index is 12.8. The number of phenols is 1. The number of hydrogen-bond donors (Lipinski definition) is 1. The lowest BCUT2D eigenvalue weighted by molar-refractivity contribution is 0.101. The highest BCUT2D eigenvalue weighted by molar-refractivity contribution is 14.1. The van der Waals surface area contributed by atoms with Crippen molar-refractivity contribution in [3.05, 3.63) is 27.1 Å². The molecule has 1 aromatic rings. The van der Waals surface area contributed by atoms with Crippen molar-refractivity contribution in [3.8, 4) is 5.75 Å². The average molecular weight is 280 g/mol. The van der Waals surface area contributed by atoms with E-state index < -0.39 is 11.6 Å². The van der Waals surface area contributed by atoms with Gasteiger partial charge in [-0.3, -0.25) is 4.79 Å². The van der Waals surface area contributed by atoms with Crippen molar-refractivity contribution in [1.82, 2.24) is 0 Å². The summed E-state index contributed by atoms with van der Waals surface area (Å²) in [5, 5.41) is 9.09. The number of hydrogen-bond acceptors (Lipinski definition) is 2. The van der Waals surface area contributed by atoms with Crippen molar-refractivity contribution in [2.24, 2.45) is 0 Å². The second kappa shape index (κ2) is 3.38. The minimum atomic E-state index is -0.757. The van der Waals surface area contributed by atoms with Crippen molar-refractivity contribution in [3.63, 3.8) is 0 Å². The van der Waals surface area contributed by atoms with Crippen LogP contribution in [-0.2, 0) is 0 Å². The highest BCUT2D eigenvalue weighted by Gasteiger charge is 2.11. The molecule has 64 valence electrons. The van der Waals surface area contributed by atoms with Crippen molar-refractivity contribution >= 4 is 28.4 Å². The zero-order chi connectivity index (χ0) is 9.30. The molecule has 0 aliphatic carbocycles. The minimum Gasteiger partial charge on any atom is -0.504 e. The first-order valence-corrected chi connectivity index (χ1v) is 4.29. The van der Waals surface area contributed by atoms with Crippen LogP contribution in [0.25, 0.3) is 0 Å². The predicted octanol–water partition coefficient (Wildman–Crippen LogP) is 2.34. The number of benzene rings is 1. The lowest BCUT2D eigenvalue weighted by Crippen LogP contribution is -1.95. The van der Waals surface area contributed by atoms with E-state index in [4.69, 9.17) is 5.11 Å². The summed E-state index contributed by atoms with van der Waals surface area (Å²) in [6, 6.07) is 2.61. The van der Waals surface area contributed by atoms with Crippen molar-refractivity contribution in [1.29, 1.82) is 0 Å². The van der Waals surface area contributed by atoms with E-state index >= 15 is 0 Å². The van der Waals surface area contributed by atoms with Gasteiger partial charge in [-0.05, 0) is 41.6 Å². The van der Waals surface area contributed by atoms with Crippen LogP contribution in [0.15, 0.2) is 12.1 Å². The van der Waals surface area contributed by atoms with Crippen molar-refractivity contribution in [2.45, 2.75) is 6.92 Å². The third-order valence-electron chi connectivity index (χ3n) is 1.41. The van der Waals surface area contributed by atoms with Gasteiger partial charge in [0.1, 0.15) is 0 Å². The van der Waals surface area contributed by atoms with Gasteiger partial charge < -0.3 is 5.11 Å². The van der Waals surface area contributed by atoms with Gasteiger partial charge in [0.2, 0.25) is 0 Å². The summed E-state index contributed by atoms with van der Waals surface area (Å²) in [5.74, 6) is -1.67. The van der Waals surface area contributed by atoms with E-state index in [9.17, 15) is 9.18 Å². The Morgan fingerprint density at radius 2 is 2.17 bits per heavy atom. The molecule has 1 aromatic carbocycles. The monoisotopic (exact) mass is 280 g/mol. The molecule has 0 saturated carbocycles. The SMILES string of the molecule is CC(=O)c1cc(I)cc(F)c1O. The largest absolute Gasteiger partial charge is 0.504 e. The molecule has 4 heteroatoms. The lowest BCUT2D eigenvalue weighted by Gasteiger charge is -2.01. The Hall–Kier alpha value is -0.650. The molecule has 0 aliphatic rings. The number of Topliss-reactive ketones (excluding diaryl/α,β-unsaturated/α-hetero) is 1. The Balaban J connectivity index is 3.37. The number of carbonyl (C=O) groups is 1. The Bertz CT molecular complexity index is 336. The summed E-state index contributed by atoms with van der Waals surface area (Å²) in [6.07, 6.45) is 0. The van der Waals surface area contributed by atoms with Gasteiger partial charge in [0.05, 0.1) is 5.56 Å². The zero-order valence-electron chi connectivity index (χ0n) is 6.27. The summed E-state index contributed by atoms with van der Waals surface area (Å²) in [6.45, 7) is 1.28. The first-order chi connectivity index (χ1) is 5.52. The highest BCUT2D eigenvalue weighted by atomic mass is 127. The van der Waals surface area contributed by atoms with Crippen LogP contribution in [0.3, 0.4) is 0 Å². The molecule has 0 amide bonds. The van der Waals surface area contributed by atoms with E-state index in [-0.39, 0.29) is 11.3 Å². The Morgan fingerprint density at radius 1 is 1.58 bits per heavy atom. The average Bonchev–Trinajstić information content (AvgIpc) is 1.96. The summed E-state index contributed by atoms with van der Waals surface area (Å²) in [5.41, 5.74) is 0.0272. The molecule has 0 aliphatic heterocycles. The first kappa shape index (κ1) is 9.44. The van der Waals surface area contributed by atoms with Gasteiger partial charge in [-0.1, -0.05) is 0 Å². The number of halogens is 2. The quantitative estimate of drug-likeness (QED) is 0.633. The molecule has 0 atom stereocenters. The lowest BCUT2D eigenvalue weighted by atomic mass is 10.1. The van der Waals surface area contributed by atoms with Crippen LogP contribution in [0.4, 0.5) is 4.39 Å². The fourth-order valence-corrected chi connectivity index (χ4v) is 1.42. The fraction of sp³-hybridized carbons (Fsp3) is 0.125. The van der Waals surface area contributed by atoms with Crippen LogP contribution in [0, 0.1) is 9.39 Å². The van der Waals surface area contributed by atoms with Gasteiger partial charge >= 0.3 is 0 Å². The number of phenolic OH excluding ortho intramolecular Hbond substituents is 1. The molecule has 12 heavy (non-hydrogen) atoms. The van der Waals surface area contributed by atoms with Gasteiger partial charge in [-0.25, -0.2) is 4.39 Å². The van der Waals surface area contributed by atoms with E-state index in [0.717, 1.165) is 0 Å². The Morgan fingerprint density at radius 3 is 2.67 bits per heavy atom. The zero-order valence-corrected chi connectivity index (χ0v) is 8.42. The molecule has 0 unspecified atom stereocenters. The number of aromatic hydroxyl groups is 1. The number of rotatable bonds is 1. The van der Waals surface area contributed by atoms with E-state index in [0.29, 0.717) is 3.57 Å². The maximum atomic E-state index is 12.8. The molecule has 0 fully saturated rings. The second-order valence-corrected chi connectivity index (χ2v) is 3.59. The van der Waals surface area contributed by atoms with Gasteiger partial charge in [-0.15, -0.1) is 0 Å². The van der Waals surface area contributed by atoms with Gasteiger partial charge in [0.15, 0.2) is 17.3 Å². The Labute approximate surface area is 82.5 Å². The van der Waals surface area contributed by atoms with Gasteiger partial charge in [-0.2, -0.15) is 0 Å². The van der Waals surface area contributed by atoms with E-state index in [1.807, 2.05) is 22.6 Å². The van der Waals surface area contributed by atoms with Gasteiger partial charge in [0, 0.05) is 3.57 Å². The molecular weight excluding hydrogens is 274 g/mol. The molecule has 0 bridgehead atoms. The first-order valence-electron chi connectivity index (χ1n) is 3.21. The number of ketones is 1. The summed E-state index contributed by atoms with van der Waals surface area (Å²) in [7, 11) is 0. The molecule has 2 nitrogen and oxygen atoms in total. The van der Waals surface area contributed by atoms with Crippen LogP contribution < -0.4 is 0 Å². The van der Waals surface area contributed by atoms with Gasteiger partial charge in [0.25, 0.3) is 0 Å². The second-order valence-electron chi connectivity index (χ2n) is 2.34. The molecule has 0 aromatic heterocycles. The highest BCUT2D eigenvalue weighted by Crippen LogP contribution is 2.24. The molecule has 1 N–H and O–H groups in total. The molecule has 0 spiro atoms. The third-order valence-corrected chi connectivity index (χ3v) is 2.03. The molecule has 0 saturated heterocycles. The Kier molecular flexibility index (Phi) is 2.66. The maximum Gasteiger partial charge on any atom is 0.166 e. The predicted molar refractivity (Wildman–Crippen MR) is 50.8 cm³/mol. The summed E-state index contributed by atoms with van der Waals surface area (Å²) >= 11 is 1.88. The topological polar surface area (TPSA) is 37.3 Å². The molecule has 0 heterocycles. The standard InChI is InChI=1S/C8H6FIO2/c1-4(11)6-2-5(10)3-7(9)8(6)12/h2-3,12H,1H3. The molecular formula is C8H6FIO2. The third kappa shape index (κ3) is 1.74. The van der Waals surface area contributed by atoms with Crippen LogP contribution in [0.1, 0.15) is 17.3 Å². The van der Waals surface area contributed by atoms with Crippen LogP contribution in [0.2, 0.25) is 0 Å². The minimum absolute atomic E-state index is 0.0272. The molecule has 1 rings (SSSR count). The normalized spacial score (nSPS) is 9.92.